The molecule has 1 saturated carbocycles. The molecule has 0 aromatic heterocycles. The smallest absolute Gasteiger partial charge is 0.0406 e. The van der Waals surface area contributed by atoms with Gasteiger partial charge in [0.25, 0.3) is 0 Å². The first-order chi connectivity index (χ1) is 9.45. The van der Waals surface area contributed by atoms with Gasteiger partial charge in [0, 0.05) is 23.7 Å². The second-order valence-electron chi connectivity index (χ2n) is 6.77. The molecule has 112 valence electrons. The minimum absolute atomic E-state index is 0.150. The molecule has 20 heavy (non-hydrogen) atoms. The van der Waals surface area contributed by atoms with E-state index >= 15 is 0 Å². The fraction of sp³-hybridized carbons (Fsp3) is 0.647. The summed E-state index contributed by atoms with van der Waals surface area (Å²) in [5.74, 6) is 1.52. The maximum atomic E-state index is 6.18. The number of nitrogens with zero attached hydrogens (tertiary/aromatic N) is 1. The van der Waals surface area contributed by atoms with Gasteiger partial charge >= 0.3 is 0 Å². The molecule has 0 saturated heterocycles. The van der Waals surface area contributed by atoms with E-state index in [0.717, 1.165) is 29.9 Å². The first-order valence-corrected chi connectivity index (χ1v) is 7.99. The molecule has 0 radical (unpaired) electrons. The van der Waals surface area contributed by atoms with Crippen LogP contribution >= 0.6 is 11.6 Å². The van der Waals surface area contributed by atoms with Gasteiger partial charge in [0.2, 0.25) is 0 Å². The molecule has 0 heterocycles. The van der Waals surface area contributed by atoms with E-state index in [1.54, 1.807) is 0 Å². The third-order valence-electron chi connectivity index (χ3n) is 4.78. The van der Waals surface area contributed by atoms with E-state index in [1.165, 1.54) is 24.8 Å². The van der Waals surface area contributed by atoms with E-state index in [1.807, 2.05) is 12.1 Å². The van der Waals surface area contributed by atoms with E-state index < -0.39 is 0 Å². The molecule has 0 aliphatic heterocycles. The molecular formula is C17H27ClN2. The normalized spacial score (nSPS) is 30.7. The molecule has 1 aliphatic rings. The van der Waals surface area contributed by atoms with Crippen molar-refractivity contribution in [3.8, 4) is 0 Å². The Hall–Kier alpha value is -0.570. The van der Waals surface area contributed by atoms with Crippen LogP contribution in [0.3, 0.4) is 0 Å². The van der Waals surface area contributed by atoms with Crippen LogP contribution in [0.25, 0.3) is 0 Å². The van der Waals surface area contributed by atoms with Gasteiger partial charge in [0.15, 0.2) is 0 Å². The van der Waals surface area contributed by atoms with Crippen molar-refractivity contribution >= 4 is 11.6 Å². The maximum Gasteiger partial charge on any atom is 0.0406 e. The van der Waals surface area contributed by atoms with Gasteiger partial charge in [0.05, 0.1) is 0 Å². The fourth-order valence-electron chi connectivity index (χ4n) is 3.90. The predicted octanol–water partition coefficient (Wildman–Crippen LogP) is 3.93. The van der Waals surface area contributed by atoms with Crippen LogP contribution in [0.4, 0.5) is 0 Å². The summed E-state index contributed by atoms with van der Waals surface area (Å²) in [5, 5.41) is 0.796. The van der Waals surface area contributed by atoms with E-state index in [4.69, 9.17) is 17.3 Å². The summed E-state index contributed by atoms with van der Waals surface area (Å²) in [5.41, 5.74) is 7.63. The largest absolute Gasteiger partial charge is 0.329 e. The van der Waals surface area contributed by atoms with Crippen molar-refractivity contribution in [2.75, 3.05) is 13.6 Å². The first-order valence-electron chi connectivity index (χ1n) is 7.61. The first kappa shape index (κ1) is 15.8. The van der Waals surface area contributed by atoms with E-state index in [2.05, 4.69) is 37.9 Å². The molecule has 1 aliphatic carbocycles. The highest BCUT2D eigenvalue weighted by atomic mass is 35.5. The van der Waals surface area contributed by atoms with Gasteiger partial charge in [-0.25, -0.2) is 0 Å². The summed E-state index contributed by atoms with van der Waals surface area (Å²) < 4.78 is 0. The highest BCUT2D eigenvalue weighted by Gasteiger charge is 2.39. The van der Waals surface area contributed by atoms with Crippen LogP contribution in [0.2, 0.25) is 5.02 Å². The van der Waals surface area contributed by atoms with Gasteiger partial charge in [0.1, 0.15) is 0 Å². The molecule has 2 N–H and O–H groups in total. The lowest BCUT2D eigenvalue weighted by atomic mass is 9.70. The Morgan fingerprint density at radius 3 is 2.25 bits per heavy atom. The number of rotatable bonds is 4. The van der Waals surface area contributed by atoms with E-state index in [9.17, 15) is 0 Å². The molecule has 2 atom stereocenters. The van der Waals surface area contributed by atoms with Gasteiger partial charge in [-0.2, -0.15) is 0 Å². The number of hydrogen-bond acceptors (Lipinski definition) is 2. The molecule has 0 spiro atoms. The molecule has 3 heteroatoms. The van der Waals surface area contributed by atoms with Crippen LogP contribution in [0.15, 0.2) is 24.3 Å². The standard InChI is InChI=1S/C17H27ClN2/c1-13-8-14(2)10-17(9-13,12-19)20(3)11-15-4-6-16(18)7-5-15/h4-7,13-14H,8-12,19H2,1-3H3. The van der Waals surface area contributed by atoms with Crippen molar-refractivity contribution in [3.63, 3.8) is 0 Å². The molecular weight excluding hydrogens is 268 g/mol. The van der Waals surface area contributed by atoms with Crippen molar-refractivity contribution in [3.05, 3.63) is 34.9 Å². The number of likely N-dealkylation sites (N-methyl/N-ethyl adjacent to an activating group) is 1. The van der Waals surface area contributed by atoms with Gasteiger partial charge < -0.3 is 5.73 Å². The summed E-state index contributed by atoms with van der Waals surface area (Å²) >= 11 is 5.96. The Labute approximate surface area is 128 Å². The Kier molecular flexibility index (Phi) is 5.11. The zero-order chi connectivity index (χ0) is 14.8. The Bertz CT molecular complexity index is 419. The topological polar surface area (TPSA) is 29.3 Å². The zero-order valence-corrected chi connectivity index (χ0v) is 13.7. The molecule has 1 aromatic rings. The second kappa shape index (κ2) is 6.46. The molecule has 0 bridgehead atoms. The highest BCUT2D eigenvalue weighted by Crippen LogP contribution is 2.39. The van der Waals surface area contributed by atoms with Crippen LogP contribution in [0, 0.1) is 11.8 Å². The lowest BCUT2D eigenvalue weighted by Crippen LogP contribution is -2.55. The summed E-state index contributed by atoms with van der Waals surface area (Å²) in [6, 6.07) is 8.15. The van der Waals surface area contributed by atoms with Crippen LogP contribution in [0.5, 0.6) is 0 Å². The average molecular weight is 295 g/mol. The second-order valence-corrected chi connectivity index (χ2v) is 7.20. The summed E-state index contributed by atoms with van der Waals surface area (Å²) in [4.78, 5) is 2.46. The van der Waals surface area contributed by atoms with Gasteiger partial charge in [-0.3, -0.25) is 4.90 Å². The number of nitrogens with two attached hydrogens (primary N) is 1. The van der Waals surface area contributed by atoms with E-state index in [0.29, 0.717) is 0 Å². The lowest BCUT2D eigenvalue weighted by Gasteiger charge is -2.48. The van der Waals surface area contributed by atoms with Crippen molar-refractivity contribution < 1.29 is 0 Å². The summed E-state index contributed by atoms with van der Waals surface area (Å²) in [6.45, 7) is 6.39. The minimum atomic E-state index is 0.150. The Balaban J connectivity index is 2.11. The molecule has 1 aromatic carbocycles. The highest BCUT2D eigenvalue weighted by molar-refractivity contribution is 6.30. The number of halogens is 1. The summed E-state index contributed by atoms with van der Waals surface area (Å²) in [7, 11) is 2.21. The van der Waals surface area contributed by atoms with Crippen LogP contribution in [0.1, 0.15) is 38.7 Å². The van der Waals surface area contributed by atoms with Gasteiger partial charge in [-0.05, 0) is 55.8 Å². The zero-order valence-electron chi connectivity index (χ0n) is 12.9. The fourth-order valence-corrected chi connectivity index (χ4v) is 4.03. The van der Waals surface area contributed by atoms with Crippen molar-refractivity contribution in [2.24, 2.45) is 17.6 Å². The van der Waals surface area contributed by atoms with Gasteiger partial charge in [-0.1, -0.05) is 37.6 Å². The van der Waals surface area contributed by atoms with Crippen molar-refractivity contribution in [1.29, 1.82) is 0 Å². The minimum Gasteiger partial charge on any atom is -0.329 e. The van der Waals surface area contributed by atoms with E-state index in [-0.39, 0.29) is 5.54 Å². The molecule has 1 fully saturated rings. The van der Waals surface area contributed by atoms with Crippen LogP contribution < -0.4 is 5.73 Å². The monoisotopic (exact) mass is 294 g/mol. The number of hydrogen-bond donors (Lipinski definition) is 1. The molecule has 0 amide bonds. The lowest BCUT2D eigenvalue weighted by molar-refractivity contribution is 0.0333. The maximum absolute atomic E-state index is 6.18. The Morgan fingerprint density at radius 2 is 1.75 bits per heavy atom. The number of benzene rings is 1. The van der Waals surface area contributed by atoms with Gasteiger partial charge in [-0.15, -0.1) is 0 Å². The summed E-state index contributed by atoms with van der Waals surface area (Å²) in [6.07, 6.45) is 3.74. The SMILES string of the molecule is CC1CC(C)CC(CN)(N(C)Cc2ccc(Cl)cc2)C1. The Morgan fingerprint density at radius 1 is 1.20 bits per heavy atom. The molecule has 2 unspecified atom stereocenters. The van der Waals surface area contributed by atoms with Crippen molar-refractivity contribution in [2.45, 2.75) is 45.2 Å². The third-order valence-corrected chi connectivity index (χ3v) is 5.04. The molecule has 2 nitrogen and oxygen atoms in total. The predicted molar refractivity (Wildman–Crippen MR) is 86.9 cm³/mol. The van der Waals surface area contributed by atoms with Crippen LogP contribution in [-0.4, -0.2) is 24.0 Å². The third kappa shape index (κ3) is 3.55. The van der Waals surface area contributed by atoms with Crippen LogP contribution in [-0.2, 0) is 6.54 Å². The quantitative estimate of drug-likeness (QED) is 0.912. The molecule has 2 rings (SSSR count). The average Bonchev–Trinajstić information content (AvgIpc) is 2.40. The van der Waals surface area contributed by atoms with Crippen molar-refractivity contribution in [1.82, 2.24) is 4.90 Å².